The monoisotopic (exact) mass is 368 g/mol. The Morgan fingerprint density at radius 3 is 2.52 bits per heavy atom. The molecule has 0 bridgehead atoms. The van der Waals surface area contributed by atoms with Gasteiger partial charge < -0.3 is 20.1 Å². The van der Waals surface area contributed by atoms with E-state index in [2.05, 4.69) is 24.1 Å². The lowest BCUT2D eigenvalue weighted by Gasteiger charge is -2.11. The highest BCUT2D eigenvalue weighted by atomic mass is 16.5. The predicted molar refractivity (Wildman–Crippen MR) is 111 cm³/mol. The molecule has 2 aromatic carbocycles. The number of ether oxygens (including phenoxy) is 2. The predicted octanol–water partition coefficient (Wildman–Crippen LogP) is 4.87. The van der Waals surface area contributed by atoms with Crippen LogP contribution in [-0.2, 0) is 4.79 Å². The fourth-order valence-corrected chi connectivity index (χ4v) is 2.26. The highest BCUT2D eigenvalue weighted by Gasteiger charge is 2.04. The average molecular weight is 368 g/mol. The third-order valence-electron chi connectivity index (χ3n) is 3.68. The largest absolute Gasteiger partial charge is 0.494 e. The molecule has 0 saturated heterocycles. The molecule has 5 heteroatoms. The molecule has 0 aliphatic rings. The van der Waals surface area contributed by atoms with Gasteiger partial charge in [-0.25, -0.2) is 0 Å². The van der Waals surface area contributed by atoms with Gasteiger partial charge in [-0.1, -0.05) is 26.0 Å². The minimum atomic E-state index is -0.122. The van der Waals surface area contributed by atoms with E-state index in [-0.39, 0.29) is 12.5 Å². The summed E-state index contributed by atoms with van der Waals surface area (Å²) in [6, 6.07) is 14.9. The zero-order chi connectivity index (χ0) is 19.5. The van der Waals surface area contributed by atoms with Crippen molar-refractivity contribution in [3.63, 3.8) is 0 Å². The molecule has 0 saturated carbocycles. The van der Waals surface area contributed by atoms with Gasteiger partial charge in [0.15, 0.2) is 0 Å². The van der Waals surface area contributed by atoms with Crippen molar-refractivity contribution < 1.29 is 14.3 Å². The molecule has 0 aromatic heterocycles. The van der Waals surface area contributed by atoms with Crippen LogP contribution in [0.2, 0.25) is 0 Å². The molecule has 0 aliphatic carbocycles. The number of hydrogen-bond acceptors (Lipinski definition) is 4. The average Bonchev–Trinajstić information content (AvgIpc) is 2.67. The number of nitrogens with one attached hydrogen (secondary N) is 2. The molecule has 27 heavy (non-hydrogen) atoms. The Balaban J connectivity index is 1.78. The summed E-state index contributed by atoms with van der Waals surface area (Å²) in [5.74, 6) is 1.43. The SMILES string of the molecule is C=C(C)COc1cccc(NCC(=O)Nc2ccc(OCCCC)cc2)c1. The van der Waals surface area contributed by atoms with E-state index in [0.29, 0.717) is 13.2 Å². The lowest BCUT2D eigenvalue weighted by molar-refractivity contribution is -0.114. The molecule has 0 radical (unpaired) electrons. The van der Waals surface area contributed by atoms with Crippen LogP contribution in [0.3, 0.4) is 0 Å². The van der Waals surface area contributed by atoms with Crippen molar-refractivity contribution in [2.45, 2.75) is 26.7 Å². The smallest absolute Gasteiger partial charge is 0.243 e. The van der Waals surface area contributed by atoms with Gasteiger partial charge in [0.25, 0.3) is 0 Å². The molecule has 144 valence electrons. The molecule has 0 unspecified atom stereocenters. The quantitative estimate of drug-likeness (QED) is 0.439. The Hall–Kier alpha value is -2.95. The third kappa shape index (κ3) is 7.86. The topological polar surface area (TPSA) is 59.6 Å². The number of amides is 1. The Bertz CT molecular complexity index is 741. The van der Waals surface area contributed by atoms with Crippen LogP contribution in [0, 0.1) is 0 Å². The van der Waals surface area contributed by atoms with Crippen LogP contribution in [-0.4, -0.2) is 25.7 Å². The number of carbonyl (C=O) groups excluding carboxylic acids is 1. The van der Waals surface area contributed by atoms with Gasteiger partial charge >= 0.3 is 0 Å². The standard InChI is InChI=1S/C22H28N2O3/c1-4-5-13-26-20-11-9-18(10-12-20)24-22(25)15-23-19-7-6-8-21(14-19)27-16-17(2)3/h6-12,14,23H,2,4-5,13,15-16H2,1,3H3,(H,24,25). The van der Waals surface area contributed by atoms with Crippen molar-refractivity contribution in [2.24, 2.45) is 0 Å². The molecule has 0 aliphatic heterocycles. The van der Waals surface area contributed by atoms with E-state index in [1.54, 1.807) is 0 Å². The summed E-state index contributed by atoms with van der Waals surface area (Å²) in [5, 5.41) is 5.96. The fourth-order valence-electron chi connectivity index (χ4n) is 2.26. The van der Waals surface area contributed by atoms with Gasteiger partial charge in [0, 0.05) is 17.4 Å². The number of anilines is 2. The van der Waals surface area contributed by atoms with E-state index in [1.165, 1.54) is 0 Å². The van der Waals surface area contributed by atoms with Crippen LogP contribution in [0.1, 0.15) is 26.7 Å². The zero-order valence-corrected chi connectivity index (χ0v) is 16.1. The molecular weight excluding hydrogens is 340 g/mol. The molecule has 0 heterocycles. The lowest BCUT2D eigenvalue weighted by Crippen LogP contribution is -2.21. The van der Waals surface area contributed by atoms with Crippen LogP contribution >= 0.6 is 0 Å². The maximum absolute atomic E-state index is 12.1. The summed E-state index contributed by atoms with van der Waals surface area (Å²) in [6.07, 6.45) is 2.13. The summed E-state index contributed by atoms with van der Waals surface area (Å²) in [6.45, 7) is 9.20. The van der Waals surface area contributed by atoms with Crippen LogP contribution in [0.25, 0.3) is 0 Å². The van der Waals surface area contributed by atoms with Gasteiger partial charge in [-0.05, 0) is 55.3 Å². The summed E-state index contributed by atoms with van der Waals surface area (Å²) < 4.78 is 11.2. The first-order chi connectivity index (χ1) is 13.1. The minimum Gasteiger partial charge on any atom is -0.494 e. The van der Waals surface area contributed by atoms with Crippen molar-refractivity contribution >= 4 is 17.3 Å². The molecule has 2 N–H and O–H groups in total. The second kappa shape index (κ2) is 10.9. The Morgan fingerprint density at radius 1 is 1.04 bits per heavy atom. The van der Waals surface area contributed by atoms with Crippen LogP contribution in [0.5, 0.6) is 11.5 Å². The fraction of sp³-hybridized carbons (Fsp3) is 0.318. The van der Waals surface area contributed by atoms with Crippen molar-refractivity contribution in [1.82, 2.24) is 0 Å². The zero-order valence-electron chi connectivity index (χ0n) is 16.1. The minimum absolute atomic E-state index is 0.122. The molecular formula is C22H28N2O3. The van der Waals surface area contributed by atoms with Crippen LogP contribution in [0.4, 0.5) is 11.4 Å². The van der Waals surface area contributed by atoms with Gasteiger partial charge in [0.2, 0.25) is 5.91 Å². The van der Waals surface area contributed by atoms with Gasteiger partial charge in [-0.3, -0.25) is 4.79 Å². The molecule has 1 amide bonds. The summed E-state index contributed by atoms with van der Waals surface area (Å²) in [7, 11) is 0. The first-order valence-corrected chi connectivity index (χ1v) is 9.20. The summed E-state index contributed by atoms with van der Waals surface area (Å²) in [5.41, 5.74) is 2.52. The van der Waals surface area contributed by atoms with Gasteiger partial charge in [0.1, 0.15) is 18.1 Å². The number of unbranched alkanes of at least 4 members (excludes halogenated alkanes) is 1. The first-order valence-electron chi connectivity index (χ1n) is 9.20. The maximum atomic E-state index is 12.1. The molecule has 2 rings (SSSR count). The maximum Gasteiger partial charge on any atom is 0.243 e. The van der Waals surface area contributed by atoms with E-state index >= 15 is 0 Å². The van der Waals surface area contributed by atoms with E-state index < -0.39 is 0 Å². The highest BCUT2D eigenvalue weighted by Crippen LogP contribution is 2.18. The highest BCUT2D eigenvalue weighted by molar-refractivity contribution is 5.93. The normalized spacial score (nSPS) is 10.1. The number of carbonyl (C=O) groups is 1. The van der Waals surface area contributed by atoms with Gasteiger partial charge in [0.05, 0.1) is 13.2 Å². The molecule has 0 fully saturated rings. The summed E-state index contributed by atoms with van der Waals surface area (Å²) in [4.78, 5) is 12.1. The number of benzene rings is 2. The molecule has 0 atom stereocenters. The van der Waals surface area contributed by atoms with Gasteiger partial charge in [-0.15, -0.1) is 0 Å². The van der Waals surface area contributed by atoms with Crippen molar-refractivity contribution in [3.8, 4) is 11.5 Å². The third-order valence-corrected chi connectivity index (χ3v) is 3.68. The Kier molecular flexibility index (Phi) is 8.23. The van der Waals surface area contributed by atoms with Crippen LogP contribution < -0.4 is 20.1 Å². The molecule has 2 aromatic rings. The number of hydrogen-bond donors (Lipinski definition) is 2. The molecule has 0 spiro atoms. The van der Waals surface area contributed by atoms with E-state index in [9.17, 15) is 4.79 Å². The molecule has 5 nitrogen and oxygen atoms in total. The van der Waals surface area contributed by atoms with E-state index in [0.717, 1.165) is 41.3 Å². The summed E-state index contributed by atoms with van der Waals surface area (Å²) >= 11 is 0. The second-order valence-corrected chi connectivity index (χ2v) is 6.40. The number of rotatable bonds is 11. The Labute approximate surface area is 161 Å². The lowest BCUT2D eigenvalue weighted by atomic mass is 10.3. The Morgan fingerprint density at radius 2 is 1.81 bits per heavy atom. The second-order valence-electron chi connectivity index (χ2n) is 6.40. The first kappa shape index (κ1) is 20.4. The van der Waals surface area contributed by atoms with E-state index in [1.807, 2.05) is 55.5 Å². The van der Waals surface area contributed by atoms with Crippen molar-refractivity contribution in [2.75, 3.05) is 30.4 Å². The van der Waals surface area contributed by atoms with Gasteiger partial charge in [-0.2, -0.15) is 0 Å². The van der Waals surface area contributed by atoms with Crippen LogP contribution in [0.15, 0.2) is 60.7 Å². The van der Waals surface area contributed by atoms with Crippen molar-refractivity contribution in [3.05, 3.63) is 60.7 Å². The van der Waals surface area contributed by atoms with E-state index in [4.69, 9.17) is 9.47 Å². The van der Waals surface area contributed by atoms with Crippen molar-refractivity contribution in [1.29, 1.82) is 0 Å².